The number of methoxy groups -OCH3 is 4. The molecule has 7 saturated carbocycles. The van der Waals surface area contributed by atoms with E-state index in [9.17, 15) is 86.6 Å². The van der Waals surface area contributed by atoms with Crippen molar-refractivity contribution in [2.24, 2.45) is 37.9 Å². The third-order valence-corrected chi connectivity index (χ3v) is 22.7. The minimum Gasteiger partial charge on any atom is -1.00 e. The number of carbonyl (C=O) groups is 8. The van der Waals surface area contributed by atoms with Gasteiger partial charge in [0, 0.05) is 170 Å². The van der Waals surface area contributed by atoms with Gasteiger partial charge in [0.05, 0.1) is 99.1 Å². The standard InChI is InChI=1S/C18H22N2O4.C18H24N2O2.C14H14N2O4.C13H12N2O4.C7H12O2.C6H8O4.C6H10O3.C4H8O.C2H6.CH3ClO2S.CH3F.CH4.B.Na.H/c1-17(2,3)24-16(21)11-18(7-8-18)12-19-9-6-13-10-14(20(22)23)4-5-15(13)19;1-17(2,3)22-16(21)11-18(7-8-18)12-20-9-6-13-10-14(19)4-5-15(13)20;1-20-13(17)14(5-6-14)9-15-7-4-10-8-11(16(18)19)2-3-12(10)15;16-12(17)13(4-5-13)8-14-6-3-9-7-10(15(18)19)1-2-11(9)14;1-3-7(4-5-7)6(8)9-2;1-10-5(9)6(2-3-6)4(7)8;1-9-5(8)6(4-7)2-3-6;1-2-4-5-3-1;1-2;1-5(2,3)4;1-2;;;;/h4-6,9-10H,7-8,11-12H2,1-3H3;4-6,9-10H,7-8,11-12,19H2,1-3H3;2-4,7-8H,5-6,9H2,1H3;1-3,6-7H,4-5,8H2,(H,16,17);3-5H2,1-2H3;2-3H2,1H3,(H,7,8);7H,2-4H2,1H3;1-4H2;1-2H3;1H3;1H3;1H4;;;/q;;;;;;;;;;;;;+1;-1/i;;;;;;;;1D;;1D;;;;. The number of nitro benzene ring substituents is 3. The van der Waals surface area contributed by atoms with Gasteiger partial charge in [-0.2, -0.15) is 0 Å². The van der Waals surface area contributed by atoms with Crippen molar-refractivity contribution >= 4 is 142 Å². The summed E-state index contributed by atoms with van der Waals surface area (Å²) in [4.78, 5) is 121. The van der Waals surface area contributed by atoms with E-state index in [1.807, 2.05) is 100 Å². The summed E-state index contributed by atoms with van der Waals surface area (Å²) in [6, 6.07) is 27.8. The summed E-state index contributed by atoms with van der Waals surface area (Å²) in [5.74, 6) is -3.19. The van der Waals surface area contributed by atoms with Gasteiger partial charge in [0.25, 0.3) is 17.1 Å². The first-order chi connectivity index (χ1) is 60.5. The molecule has 5 heterocycles. The number of esters is 6. The summed E-state index contributed by atoms with van der Waals surface area (Å²) in [7, 11) is 5.71. The van der Waals surface area contributed by atoms with Crippen molar-refractivity contribution in [2.75, 3.05) is 67.4 Å². The molecule has 130 heavy (non-hydrogen) atoms. The fourth-order valence-electron chi connectivity index (χ4n) is 14.1. The molecule has 0 atom stereocenters. The smallest absolute Gasteiger partial charge is 1.00 e. The number of aliphatic hydroxyl groups excluding tert-OH is 1. The molecule has 0 unspecified atom stereocenters. The summed E-state index contributed by atoms with van der Waals surface area (Å²) < 4.78 is 82.8. The molecule has 0 spiro atoms. The number of halogens is 2. The molecular formula is C91H127BClFN8NaO26S. The van der Waals surface area contributed by atoms with Crippen molar-refractivity contribution in [2.45, 2.75) is 229 Å². The van der Waals surface area contributed by atoms with Gasteiger partial charge < -0.3 is 73.9 Å². The van der Waals surface area contributed by atoms with Crippen LogP contribution in [0.15, 0.2) is 122 Å². The third-order valence-electron chi connectivity index (χ3n) is 22.7. The van der Waals surface area contributed by atoms with Crippen molar-refractivity contribution in [3.63, 3.8) is 0 Å². The summed E-state index contributed by atoms with van der Waals surface area (Å²) in [6.07, 6.45) is 24.6. The van der Waals surface area contributed by atoms with Gasteiger partial charge in [-0.05, 0) is 222 Å². The van der Waals surface area contributed by atoms with Crippen LogP contribution in [-0.2, 0) is 107 Å². The van der Waals surface area contributed by atoms with Crippen LogP contribution in [0, 0.1) is 68.2 Å². The number of anilines is 1. The molecular weight excluding hydrogens is 1740 g/mol. The number of non-ortho nitro benzene ring substituents is 3. The Morgan fingerprint density at radius 2 is 0.815 bits per heavy atom. The van der Waals surface area contributed by atoms with Crippen molar-refractivity contribution in [3.8, 4) is 0 Å². The fourth-order valence-corrected chi connectivity index (χ4v) is 14.1. The van der Waals surface area contributed by atoms with Crippen LogP contribution in [0.3, 0.4) is 0 Å². The third kappa shape index (κ3) is 33.3. The van der Waals surface area contributed by atoms with Crippen LogP contribution in [0.1, 0.15) is 196 Å². The number of hydrogen-bond donors (Lipinski definition) is 4. The number of nitrogens with zero attached hydrogens (tertiary/aromatic N) is 7. The maximum Gasteiger partial charge on any atom is 1.00 e. The number of hydrogen-bond acceptors (Lipinski definition) is 25. The number of rotatable bonds is 23. The van der Waals surface area contributed by atoms with E-state index in [1.165, 1.54) is 71.1 Å². The summed E-state index contributed by atoms with van der Waals surface area (Å²) in [5.41, 5.74) is 7.00. The molecule has 5 N–H and O–H groups in total. The SMILES string of the molecule is C.C1CCOC1.CC(C)(C)OC(=O)CC1(Cn2ccc3cc(N)ccc32)CC1.CC(C)(C)OC(=O)CC1(Cn2ccc3cc([N+](=O)[O-])ccc32)CC1.CCC1(C(=O)OC)CC1.COC(=O)C1(C(=O)O)CC1.COC(=O)C1(CO)CC1.COC(=O)C1(Cn2ccc3cc([N+](=O)[O-])ccc32)CC1.CS(=O)(=O)Cl.O=C(O)C1(Cn2ccc3cc([N+](=O)[O-])ccc32)CC1.[2H]CC.[2H]CF.[B].[H-].[Na+]. The Balaban J connectivity index is 0.000000519. The number of fused-ring (bicyclic) bond motifs is 4. The molecule has 34 nitrogen and oxygen atoms in total. The second kappa shape index (κ2) is 48.9. The Bertz CT molecular complexity index is 5320. The van der Waals surface area contributed by atoms with E-state index in [1.54, 1.807) is 49.5 Å². The van der Waals surface area contributed by atoms with E-state index in [2.05, 4.69) is 46.3 Å². The monoisotopic (exact) mass is 1870 g/mol. The number of nitrogen functional groups attached to an aromatic ring is 1. The van der Waals surface area contributed by atoms with Crippen molar-refractivity contribution in [1.82, 2.24) is 18.3 Å². The number of alkyl halides is 1. The molecule has 39 heteroatoms. The Labute approximate surface area is 790 Å². The van der Waals surface area contributed by atoms with Crippen LogP contribution >= 0.6 is 10.7 Å². The topological polar surface area (TPSA) is 471 Å². The molecule has 4 aromatic heterocycles. The van der Waals surface area contributed by atoms with Gasteiger partial charge in [0.15, 0.2) is 5.41 Å². The zero-order valence-corrected chi connectivity index (χ0v) is 79.6. The van der Waals surface area contributed by atoms with Crippen molar-refractivity contribution in [3.05, 3.63) is 152 Å². The summed E-state index contributed by atoms with van der Waals surface area (Å²) in [5, 5.41) is 62.2. The molecule has 7 aliphatic carbocycles. The van der Waals surface area contributed by atoms with Crippen LogP contribution in [0.5, 0.6) is 0 Å². The van der Waals surface area contributed by atoms with Gasteiger partial charge in [-0.25, -0.2) is 8.42 Å². The quantitative estimate of drug-likeness (QED) is 0.00675. The molecule has 1 saturated heterocycles. The first-order valence-electron chi connectivity index (χ1n) is 42.9. The number of ether oxygens (including phenoxy) is 7. The average Bonchev–Trinajstić information content (AvgIpc) is 1.61. The van der Waals surface area contributed by atoms with Gasteiger partial charge in [-0.3, -0.25) is 73.1 Å². The fraction of sp³-hybridized carbons (Fsp3) is 0.560. The maximum atomic E-state index is 12.1. The predicted molar refractivity (Wildman–Crippen MR) is 488 cm³/mol. The Morgan fingerprint density at radius 1 is 0.523 bits per heavy atom. The molecule has 8 fully saturated rings. The molecule has 711 valence electrons. The van der Waals surface area contributed by atoms with Crippen LogP contribution < -0.4 is 35.3 Å². The van der Waals surface area contributed by atoms with E-state index in [-0.39, 0.29) is 122 Å². The Kier molecular flexibility index (Phi) is 41.6. The van der Waals surface area contributed by atoms with Crippen LogP contribution in [0.2, 0.25) is 0 Å². The molecule has 8 aromatic rings. The summed E-state index contributed by atoms with van der Waals surface area (Å²) in [6.45, 7) is 20.2. The Morgan fingerprint density at radius 3 is 1.04 bits per heavy atom. The van der Waals surface area contributed by atoms with E-state index >= 15 is 0 Å². The second-order valence-electron chi connectivity index (χ2n) is 34.9. The first kappa shape index (κ1) is 110. The van der Waals surface area contributed by atoms with Gasteiger partial charge in [-0.1, -0.05) is 28.2 Å². The molecule has 1 aliphatic heterocycles. The molecule has 0 bridgehead atoms. The van der Waals surface area contributed by atoms with E-state index < -0.39 is 76.8 Å². The molecule has 0 amide bonds. The van der Waals surface area contributed by atoms with Gasteiger partial charge in [0.1, 0.15) is 11.2 Å². The number of aromatic nitrogens is 4. The number of carboxylic acid groups (broad SMARTS) is 2. The summed E-state index contributed by atoms with van der Waals surface area (Å²) >= 11 is 0. The van der Waals surface area contributed by atoms with E-state index in [4.69, 9.17) is 37.6 Å². The van der Waals surface area contributed by atoms with E-state index in [0.29, 0.717) is 58.5 Å². The molecule has 4 aromatic carbocycles. The minimum absolute atomic E-state index is 0. The average molecular weight is 1870 g/mol. The van der Waals surface area contributed by atoms with Crippen LogP contribution in [0.4, 0.5) is 27.1 Å². The number of benzene rings is 4. The van der Waals surface area contributed by atoms with Crippen molar-refractivity contribution in [1.29, 1.82) is 0 Å². The maximum absolute atomic E-state index is 12.1. The van der Waals surface area contributed by atoms with Crippen LogP contribution in [-0.4, -0.2) is 186 Å². The number of aliphatic hydroxyl groups is 1. The zero-order valence-electron chi connectivity index (χ0n) is 79.0. The minimum atomic E-state index is -3.19. The largest absolute Gasteiger partial charge is 1.00 e. The number of nitro groups is 3. The Hall–Kier alpha value is -10.0. The molecule has 3 radical (unpaired) electrons. The molecule has 8 aliphatic rings. The number of aliphatic carboxylic acids is 2. The number of carbonyl (C=O) groups excluding carboxylic acids is 6. The second-order valence-corrected chi connectivity index (χ2v) is 38.0. The van der Waals surface area contributed by atoms with Gasteiger partial charge in [-0.15, -0.1) is 0 Å². The first-order valence-corrected chi connectivity index (χ1v) is 44.2. The van der Waals surface area contributed by atoms with Gasteiger partial charge in [0.2, 0.25) is 9.05 Å². The predicted octanol–water partition coefficient (Wildman–Crippen LogP) is 14.0. The van der Waals surface area contributed by atoms with E-state index in [0.717, 1.165) is 147 Å². The molecule has 16 rings (SSSR count). The normalized spacial score (nSPS) is 16.8. The number of nitrogens with two attached hydrogens (primary N) is 1. The van der Waals surface area contributed by atoms with Gasteiger partial charge >= 0.3 is 77.3 Å². The number of carboxylic acids is 2. The van der Waals surface area contributed by atoms with Crippen LogP contribution in [0.25, 0.3) is 43.6 Å². The zero-order chi connectivity index (χ0) is 96.5. The van der Waals surface area contributed by atoms with Crippen molar-refractivity contribution < 1.29 is 148 Å².